The number of carbonyl (C=O) groups excluding carboxylic acids is 2. The van der Waals surface area contributed by atoms with Gasteiger partial charge >= 0.3 is 0 Å². The van der Waals surface area contributed by atoms with Crippen LogP contribution in [-0.2, 0) is 4.79 Å². The van der Waals surface area contributed by atoms with Crippen molar-refractivity contribution in [3.05, 3.63) is 21.9 Å². The predicted octanol–water partition coefficient (Wildman–Crippen LogP) is 0.237. The number of hydrogen-bond acceptors (Lipinski definition) is 4. The van der Waals surface area contributed by atoms with E-state index in [4.69, 9.17) is 5.11 Å². The van der Waals surface area contributed by atoms with Crippen molar-refractivity contribution in [3.63, 3.8) is 0 Å². The zero-order valence-corrected chi connectivity index (χ0v) is 10.7. The van der Waals surface area contributed by atoms with Gasteiger partial charge in [-0.1, -0.05) is 0 Å². The maximum atomic E-state index is 11.6. The van der Waals surface area contributed by atoms with Crippen LogP contribution >= 0.6 is 11.3 Å². The Hall–Kier alpha value is -1.40. The van der Waals surface area contributed by atoms with Gasteiger partial charge in [0.05, 0.1) is 18.0 Å². The van der Waals surface area contributed by atoms with E-state index < -0.39 is 0 Å². The first-order chi connectivity index (χ1) is 8.04. The van der Waals surface area contributed by atoms with Crippen LogP contribution in [0, 0.1) is 6.92 Å². The van der Waals surface area contributed by atoms with E-state index in [9.17, 15) is 9.59 Å². The average molecular weight is 256 g/mol. The number of nitrogens with zero attached hydrogens (tertiary/aromatic N) is 1. The Balaban J connectivity index is 2.41. The number of thiophene rings is 1. The fourth-order valence-electron chi connectivity index (χ4n) is 1.21. The van der Waals surface area contributed by atoms with Gasteiger partial charge in [-0.15, -0.1) is 11.3 Å². The van der Waals surface area contributed by atoms with Gasteiger partial charge in [-0.2, -0.15) is 0 Å². The molecule has 0 aliphatic rings. The minimum absolute atomic E-state index is 0.0493. The van der Waals surface area contributed by atoms with Gasteiger partial charge in [0, 0.05) is 18.5 Å². The maximum Gasteiger partial charge on any atom is 0.261 e. The lowest BCUT2D eigenvalue weighted by molar-refractivity contribution is -0.129. The average Bonchev–Trinajstić information content (AvgIpc) is 2.72. The van der Waals surface area contributed by atoms with E-state index in [0.717, 1.165) is 4.88 Å². The molecule has 0 saturated heterocycles. The van der Waals surface area contributed by atoms with Gasteiger partial charge in [0.15, 0.2) is 0 Å². The van der Waals surface area contributed by atoms with Crippen molar-refractivity contribution < 1.29 is 14.7 Å². The molecule has 5 nitrogen and oxygen atoms in total. The van der Waals surface area contributed by atoms with Crippen molar-refractivity contribution in [1.29, 1.82) is 0 Å². The highest BCUT2D eigenvalue weighted by molar-refractivity contribution is 7.13. The second-order valence-corrected chi connectivity index (χ2v) is 4.92. The van der Waals surface area contributed by atoms with Crippen LogP contribution in [-0.4, -0.2) is 48.6 Å². The number of nitrogens with one attached hydrogen (secondary N) is 1. The summed E-state index contributed by atoms with van der Waals surface area (Å²) in [5.41, 5.74) is 0. The highest BCUT2D eigenvalue weighted by atomic mass is 32.1. The molecule has 2 amide bonds. The minimum Gasteiger partial charge on any atom is -0.395 e. The highest BCUT2D eigenvalue weighted by Crippen LogP contribution is 2.14. The van der Waals surface area contributed by atoms with E-state index in [1.54, 1.807) is 13.1 Å². The molecule has 17 heavy (non-hydrogen) atoms. The molecule has 0 aliphatic carbocycles. The first kappa shape index (κ1) is 13.7. The van der Waals surface area contributed by atoms with Gasteiger partial charge in [0.25, 0.3) is 5.91 Å². The van der Waals surface area contributed by atoms with Crippen molar-refractivity contribution in [2.45, 2.75) is 6.92 Å². The number of aryl methyl sites for hydroxylation is 1. The molecule has 0 fully saturated rings. The second kappa shape index (κ2) is 6.36. The molecule has 0 spiro atoms. The third kappa shape index (κ3) is 4.16. The molecule has 1 rings (SSSR count). The predicted molar refractivity (Wildman–Crippen MR) is 66.1 cm³/mol. The van der Waals surface area contributed by atoms with Crippen LogP contribution < -0.4 is 5.32 Å². The number of carbonyl (C=O) groups is 2. The first-order valence-electron chi connectivity index (χ1n) is 5.24. The fraction of sp³-hybridized carbons (Fsp3) is 0.455. The van der Waals surface area contributed by atoms with Gasteiger partial charge in [-0.25, -0.2) is 0 Å². The lowest BCUT2D eigenvalue weighted by Gasteiger charge is -2.15. The molecule has 2 N–H and O–H groups in total. The summed E-state index contributed by atoms with van der Waals surface area (Å²) in [5, 5.41) is 11.2. The zero-order valence-electron chi connectivity index (χ0n) is 9.90. The third-order valence-electron chi connectivity index (χ3n) is 2.23. The van der Waals surface area contributed by atoms with Gasteiger partial charge in [0.2, 0.25) is 5.91 Å². The molecular weight excluding hydrogens is 240 g/mol. The summed E-state index contributed by atoms with van der Waals surface area (Å²) in [4.78, 5) is 26.1. The van der Waals surface area contributed by atoms with Crippen LogP contribution in [0.1, 0.15) is 14.5 Å². The number of amides is 2. The molecule has 0 unspecified atom stereocenters. The van der Waals surface area contributed by atoms with E-state index in [0.29, 0.717) is 4.88 Å². The smallest absolute Gasteiger partial charge is 0.261 e. The molecular formula is C11H16N2O3S. The molecule has 94 valence electrons. The highest BCUT2D eigenvalue weighted by Gasteiger charge is 2.12. The van der Waals surface area contributed by atoms with Crippen molar-refractivity contribution >= 4 is 23.2 Å². The molecule has 0 atom stereocenters. The summed E-state index contributed by atoms with van der Waals surface area (Å²) < 4.78 is 0. The van der Waals surface area contributed by atoms with Crippen LogP contribution in [0.2, 0.25) is 0 Å². The minimum atomic E-state index is -0.242. The van der Waals surface area contributed by atoms with E-state index in [2.05, 4.69) is 5.32 Å². The Morgan fingerprint density at radius 3 is 2.71 bits per heavy atom. The summed E-state index contributed by atoms with van der Waals surface area (Å²) >= 11 is 1.39. The lowest BCUT2D eigenvalue weighted by atomic mass is 10.4. The van der Waals surface area contributed by atoms with E-state index >= 15 is 0 Å². The Morgan fingerprint density at radius 1 is 1.47 bits per heavy atom. The Bertz CT molecular complexity index is 403. The zero-order chi connectivity index (χ0) is 12.8. The van der Waals surface area contributed by atoms with Crippen LogP contribution in [0.4, 0.5) is 0 Å². The molecule has 0 radical (unpaired) electrons. The van der Waals surface area contributed by atoms with Gasteiger partial charge in [0.1, 0.15) is 0 Å². The molecule has 0 aliphatic heterocycles. The summed E-state index contributed by atoms with van der Waals surface area (Å²) in [6, 6.07) is 3.59. The van der Waals surface area contributed by atoms with Crippen LogP contribution in [0.25, 0.3) is 0 Å². The number of likely N-dealkylation sites (N-methyl/N-ethyl adjacent to an activating group) is 1. The van der Waals surface area contributed by atoms with Gasteiger partial charge < -0.3 is 15.3 Å². The molecule has 0 bridgehead atoms. The first-order valence-corrected chi connectivity index (χ1v) is 6.05. The summed E-state index contributed by atoms with van der Waals surface area (Å²) in [6.45, 7) is 2.06. The monoisotopic (exact) mass is 256 g/mol. The molecule has 1 heterocycles. The van der Waals surface area contributed by atoms with Crippen LogP contribution in [0.3, 0.4) is 0 Å². The van der Waals surface area contributed by atoms with Gasteiger partial charge in [-0.05, 0) is 19.1 Å². The number of aliphatic hydroxyl groups excluding tert-OH is 1. The molecule has 0 saturated carbocycles. The van der Waals surface area contributed by atoms with Crippen molar-refractivity contribution in [2.24, 2.45) is 0 Å². The second-order valence-electron chi connectivity index (χ2n) is 3.63. The molecule has 1 aromatic rings. The van der Waals surface area contributed by atoms with Crippen LogP contribution in [0.15, 0.2) is 12.1 Å². The van der Waals surface area contributed by atoms with Crippen molar-refractivity contribution in [2.75, 3.05) is 26.7 Å². The molecule has 1 aromatic heterocycles. The fourth-order valence-corrected chi connectivity index (χ4v) is 1.99. The number of hydrogen-bond donors (Lipinski definition) is 2. The quantitative estimate of drug-likeness (QED) is 0.792. The topological polar surface area (TPSA) is 69.6 Å². The SMILES string of the molecule is Cc1ccc(C(=O)NCC(=O)N(C)CCO)s1. The van der Waals surface area contributed by atoms with Gasteiger partial charge in [-0.3, -0.25) is 9.59 Å². The number of aliphatic hydroxyl groups is 1. The molecule has 6 heteroatoms. The normalized spacial score (nSPS) is 10.1. The Kier molecular flexibility index (Phi) is 5.11. The maximum absolute atomic E-state index is 11.6. The van der Waals surface area contributed by atoms with E-state index in [1.165, 1.54) is 16.2 Å². The number of rotatable bonds is 5. The summed E-state index contributed by atoms with van der Waals surface area (Å²) in [6.07, 6.45) is 0. The lowest BCUT2D eigenvalue weighted by Crippen LogP contribution is -2.39. The standard InChI is InChI=1S/C11H16N2O3S/c1-8-3-4-9(17-8)11(16)12-7-10(15)13(2)5-6-14/h3-4,14H,5-7H2,1-2H3,(H,12,16). The van der Waals surface area contributed by atoms with E-state index in [1.807, 2.05) is 13.0 Å². The van der Waals surface area contributed by atoms with Crippen molar-refractivity contribution in [3.8, 4) is 0 Å². The van der Waals surface area contributed by atoms with E-state index in [-0.39, 0.29) is 31.5 Å². The summed E-state index contributed by atoms with van der Waals surface area (Å²) in [7, 11) is 1.58. The molecule has 0 aromatic carbocycles. The Morgan fingerprint density at radius 2 is 2.18 bits per heavy atom. The third-order valence-corrected chi connectivity index (χ3v) is 3.22. The van der Waals surface area contributed by atoms with Crippen molar-refractivity contribution in [1.82, 2.24) is 10.2 Å². The Labute approximate surface area is 104 Å². The largest absolute Gasteiger partial charge is 0.395 e. The van der Waals surface area contributed by atoms with Crippen LogP contribution in [0.5, 0.6) is 0 Å². The summed E-state index contributed by atoms with van der Waals surface area (Å²) in [5.74, 6) is -0.463.